The number of ether oxygens (including phenoxy) is 1. The van der Waals surface area contributed by atoms with Crippen molar-refractivity contribution in [2.45, 2.75) is 70.8 Å². The minimum absolute atomic E-state index is 0.0872. The molecule has 0 aliphatic carbocycles. The lowest BCUT2D eigenvalue weighted by molar-refractivity contribution is -0.135. The fraction of sp³-hybridized carbons (Fsp3) is 0.514. The number of amides is 2. The van der Waals surface area contributed by atoms with Crippen molar-refractivity contribution < 1.29 is 19.1 Å². The molecule has 0 aromatic heterocycles. The van der Waals surface area contributed by atoms with Crippen molar-refractivity contribution in [2.24, 2.45) is 5.92 Å². The number of hydrogen-bond donors (Lipinski definition) is 1. The molecule has 0 saturated carbocycles. The highest BCUT2D eigenvalue weighted by Crippen LogP contribution is 2.26. The fourth-order valence-electron chi connectivity index (χ4n) is 5.01. The maximum atomic E-state index is 12.3. The molecule has 0 spiro atoms. The first-order chi connectivity index (χ1) is 20.5. The van der Waals surface area contributed by atoms with Crippen molar-refractivity contribution in [3.8, 4) is 0 Å². The van der Waals surface area contributed by atoms with Crippen LogP contribution in [-0.4, -0.2) is 73.5 Å². The molecular weight excluding hydrogens is 526 g/mol. The van der Waals surface area contributed by atoms with Gasteiger partial charge in [0.25, 0.3) is 0 Å². The Hall–Kier alpha value is -3.45. The van der Waals surface area contributed by atoms with Crippen LogP contribution in [0.4, 0.5) is 0 Å². The molecule has 2 saturated heterocycles. The molecule has 0 aromatic rings. The van der Waals surface area contributed by atoms with Crippen LogP contribution in [0, 0.1) is 5.92 Å². The molecule has 2 atom stereocenters. The predicted molar refractivity (Wildman–Crippen MR) is 172 cm³/mol. The quantitative estimate of drug-likeness (QED) is 0.126. The summed E-state index contributed by atoms with van der Waals surface area (Å²) < 4.78 is 4.55. The third-order valence-electron chi connectivity index (χ3n) is 7.30. The summed E-state index contributed by atoms with van der Waals surface area (Å²) in [5, 5.41) is 3.09. The number of hydrogen-bond acceptors (Lipinski definition) is 5. The molecule has 0 radical (unpaired) electrons. The van der Waals surface area contributed by atoms with Crippen molar-refractivity contribution >= 4 is 17.8 Å². The second-order valence-corrected chi connectivity index (χ2v) is 10.6. The minimum Gasteiger partial charge on any atom is -0.466 e. The zero-order chi connectivity index (χ0) is 30.3. The highest BCUT2D eigenvalue weighted by Gasteiger charge is 2.36. The van der Waals surface area contributed by atoms with E-state index < -0.39 is 5.97 Å². The molecule has 7 nitrogen and oxygen atoms in total. The highest BCUT2D eigenvalue weighted by molar-refractivity contribution is 5.94. The summed E-state index contributed by atoms with van der Waals surface area (Å²) in [5.41, 5.74) is 0. The van der Waals surface area contributed by atoms with Crippen LogP contribution in [0.25, 0.3) is 0 Å². The molecule has 7 heteroatoms. The van der Waals surface area contributed by atoms with Crippen molar-refractivity contribution in [2.75, 3.05) is 39.8 Å². The van der Waals surface area contributed by atoms with Crippen LogP contribution in [0.3, 0.4) is 0 Å². The Bertz CT molecular complexity index is 1020. The summed E-state index contributed by atoms with van der Waals surface area (Å²) >= 11 is 0. The van der Waals surface area contributed by atoms with Crippen LogP contribution in [0.5, 0.6) is 0 Å². The lowest BCUT2D eigenvalue weighted by atomic mass is 10.0. The van der Waals surface area contributed by atoms with E-state index in [1.54, 1.807) is 4.90 Å². The van der Waals surface area contributed by atoms with Crippen LogP contribution in [-0.2, 0) is 19.1 Å². The van der Waals surface area contributed by atoms with Crippen molar-refractivity contribution in [1.82, 2.24) is 15.1 Å². The predicted octanol–water partition coefficient (Wildman–Crippen LogP) is 5.84. The lowest BCUT2D eigenvalue weighted by Gasteiger charge is -2.36. The molecular formula is C35H51N3O4. The second kappa shape index (κ2) is 22.2. The Balaban J connectivity index is 1.49. The van der Waals surface area contributed by atoms with Crippen LogP contribution >= 0.6 is 0 Å². The fourth-order valence-corrected chi connectivity index (χ4v) is 5.01. The van der Waals surface area contributed by atoms with Gasteiger partial charge in [0.15, 0.2) is 0 Å². The van der Waals surface area contributed by atoms with E-state index in [1.807, 2.05) is 0 Å². The van der Waals surface area contributed by atoms with Gasteiger partial charge < -0.3 is 15.0 Å². The normalized spacial score (nSPS) is 20.0. The Kier molecular flexibility index (Phi) is 18.4. The number of nitrogens with one attached hydrogen (secondary N) is 1. The summed E-state index contributed by atoms with van der Waals surface area (Å²) in [6, 6.07) is 0.301. The van der Waals surface area contributed by atoms with Gasteiger partial charge in [0, 0.05) is 57.3 Å². The van der Waals surface area contributed by atoms with Gasteiger partial charge in [-0.3, -0.25) is 14.5 Å². The van der Waals surface area contributed by atoms with Gasteiger partial charge in [-0.05, 0) is 57.3 Å². The topological polar surface area (TPSA) is 79.0 Å². The molecule has 2 amide bonds. The third kappa shape index (κ3) is 15.5. The molecule has 42 heavy (non-hydrogen) atoms. The van der Waals surface area contributed by atoms with Gasteiger partial charge in [0.1, 0.15) is 0 Å². The molecule has 2 fully saturated rings. The summed E-state index contributed by atoms with van der Waals surface area (Å²) in [5.74, 6) is -0.208. The molecule has 2 aliphatic heterocycles. The standard InChI is InChI=1S/C35H51N3O4/c1-3-4-5-6-7-8-9-10-11-12-13-14-15-16-17-18-19-20-21-22-33(39)36-28-31-27-32-30-38(26-25-37(32)29-31)34(40)23-24-35(41)42-2/h4-5,7-8,10-11,13-14,16-17,19-20,23-24,31-32H,3,6,9,12,15,18,21-22,25-30H2,1-2H3,(H,36,39). The average Bonchev–Trinajstić information content (AvgIpc) is 3.42. The van der Waals surface area contributed by atoms with E-state index >= 15 is 0 Å². The summed E-state index contributed by atoms with van der Waals surface area (Å²) in [6.07, 6.45) is 36.7. The summed E-state index contributed by atoms with van der Waals surface area (Å²) in [6.45, 7) is 5.88. The van der Waals surface area contributed by atoms with Gasteiger partial charge in [-0.2, -0.15) is 0 Å². The van der Waals surface area contributed by atoms with E-state index in [9.17, 15) is 14.4 Å². The minimum atomic E-state index is -0.528. The van der Waals surface area contributed by atoms with E-state index in [4.69, 9.17) is 0 Å². The third-order valence-corrected chi connectivity index (χ3v) is 7.30. The summed E-state index contributed by atoms with van der Waals surface area (Å²) in [4.78, 5) is 40.1. The first kappa shape index (κ1) is 34.7. The number of carbonyl (C=O) groups excluding carboxylic acids is 3. The number of nitrogens with zero attached hydrogens (tertiary/aromatic N) is 2. The van der Waals surface area contributed by atoms with Crippen LogP contribution in [0.15, 0.2) is 85.1 Å². The van der Waals surface area contributed by atoms with Crippen molar-refractivity contribution in [1.29, 1.82) is 0 Å². The van der Waals surface area contributed by atoms with Gasteiger partial charge >= 0.3 is 5.97 Å². The van der Waals surface area contributed by atoms with E-state index in [0.29, 0.717) is 38.0 Å². The van der Waals surface area contributed by atoms with Crippen molar-refractivity contribution in [3.63, 3.8) is 0 Å². The van der Waals surface area contributed by atoms with Gasteiger partial charge in [-0.1, -0.05) is 79.8 Å². The van der Waals surface area contributed by atoms with Crippen LogP contribution < -0.4 is 5.32 Å². The Morgan fingerprint density at radius 3 is 1.90 bits per heavy atom. The second-order valence-electron chi connectivity index (χ2n) is 10.6. The van der Waals surface area contributed by atoms with E-state index in [-0.39, 0.29) is 11.8 Å². The lowest BCUT2D eigenvalue weighted by Crippen LogP contribution is -2.51. The zero-order valence-corrected chi connectivity index (χ0v) is 25.7. The number of allylic oxidation sites excluding steroid dienone is 12. The van der Waals surface area contributed by atoms with Gasteiger partial charge in [-0.15, -0.1) is 0 Å². The van der Waals surface area contributed by atoms with Gasteiger partial charge in [0.2, 0.25) is 11.8 Å². The number of methoxy groups -OCH3 is 1. The van der Waals surface area contributed by atoms with Crippen molar-refractivity contribution in [3.05, 3.63) is 85.1 Å². The van der Waals surface area contributed by atoms with E-state index in [2.05, 4.69) is 94.8 Å². The Morgan fingerprint density at radius 2 is 1.33 bits per heavy atom. The first-order valence-corrected chi connectivity index (χ1v) is 15.5. The molecule has 230 valence electrons. The summed E-state index contributed by atoms with van der Waals surface area (Å²) in [7, 11) is 1.29. The largest absolute Gasteiger partial charge is 0.466 e. The number of esters is 1. The van der Waals surface area contributed by atoms with E-state index in [0.717, 1.165) is 64.5 Å². The van der Waals surface area contributed by atoms with Gasteiger partial charge in [-0.25, -0.2) is 4.79 Å². The molecule has 0 bridgehead atoms. The SMILES string of the molecule is CCC=CCC=CCC=CCC=CCC=CCC=CCCC(=O)NCC1CC2CN(C(=O)C=CC(=O)OC)CCN2C1. The first-order valence-electron chi connectivity index (χ1n) is 15.5. The number of piperazine rings is 1. The average molecular weight is 578 g/mol. The Morgan fingerprint density at radius 1 is 0.762 bits per heavy atom. The van der Waals surface area contributed by atoms with Crippen LogP contribution in [0.1, 0.15) is 64.7 Å². The maximum absolute atomic E-state index is 12.3. The Labute approximate surface area is 253 Å². The number of carbonyl (C=O) groups is 3. The smallest absolute Gasteiger partial charge is 0.330 e. The maximum Gasteiger partial charge on any atom is 0.330 e. The number of rotatable bonds is 18. The molecule has 1 N–H and O–H groups in total. The molecule has 2 aliphatic rings. The van der Waals surface area contributed by atoms with Gasteiger partial charge in [0.05, 0.1) is 7.11 Å². The molecule has 2 unspecified atom stereocenters. The van der Waals surface area contributed by atoms with Crippen LogP contribution in [0.2, 0.25) is 0 Å². The molecule has 0 aromatic carbocycles. The molecule has 2 rings (SSSR count). The monoisotopic (exact) mass is 577 g/mol. The van der Waals surface area contributed by atoms with E-state index in [1.165, 1.54) is 19.3 Å². The number of fused-ring (bicyclic) bond motifs is 1. The molecule has 2 heterocycles. The highest BCUT2D eigenvalue weighted by atomic mass is 16.5. The zero-order valence-electron chi connectivity index (χ0n) is 25.7.